The molecule has 2 unspecified atom stereocenters. The molecule has 0 bridgehead atoms. The maximum absolute atomic E-state index is 12.6. The number of nitrogens with one attached hydrogen (secondary N) is 2. The van der Waals surface area contributed by atoms with E-state index in [1.54, 1.807) is 4.31 Å². The second-order valence-corrected chi connectivity index (χ2v) is 7.99. The molecular weight excluding hydrogens is 290 g/mol. The van der Waals surface area contributed by atoms with E-state index in [-0.39, 0.29) is 6.04 Å². The van der Waals surface area contributed by atoms with Gasteiger partial charge >= 0.3 is 0 Å². The topological polar surface area (TPSA) is 70.7 Å². The number of rotatable bonds is 6. The highest BCUT2D eigenvalue weighted by atomic mass is 32.2. The zero-order chi connectivity index (χ0) is 15.3. The van der Waals surface area contributed by atoms with Crippen LogP contribution in [0.25, 0.3) is 0 Å². The van der Waals surface area contributed by atoms with Crippen LogP contribution in [-0.2, 0) is 14.9 Å². The Morgan fingerprint density at radius 3 is 2.67 bits per heavy atom. The first-order valence-corrected chi connectivity index (χ1v) is 9.46. The van der Waals surface area contributed by atoms with E-state index < -0.39 is 10.2 Å². The molecule has 0 aromatic rings. The van der Waals surface area contributed by atoms with Crippen molar-refractivity contribution in [3.8, 4) is 0 Å². The van der Waals surface area contributed by atoms with Crippen LogP contribution in [0.1, 0.15) is 32.6 Å². The van der Waals surface area contributed by atoms with Crippen LogP contribution >= 0.6 is 0 Å². The Labute approximate surface area is 128 Å². The molecule has 0 radical (unpaired) electrons. The fraction of sp³-hybridized carbons (Fsp3) is 1.00. The zero-order valence-corrected chi connectivity index (χ0v) is 14.0. The van der Waals surface area contributed by atoms with Gasteiger partial charge in [0.15, 0.2) is 0 Å². The number of nitrogens with zero attached hydrogens (tertiary/aromatic N) is 1. The van der Waals surface area contributed by atoms with Gasteiger partial charge in [-0.2, -0.15) is 17.4 Å². The van der Waals surface area contributed by atoms with Crippen LogP contribution in [0, 0.1) is 11.8 Å². The molecule has 124 valence electrons. The SMILES string of the molecule is CNCC1CCCN(S(=O)(=O)NC(C)C2CCOCC2)C1. The van der Waals surface area contributed by atoms with Crippen LogP contribution in [0.4, 0.5) is 0 Å². The summed E-state index contributed by atoms with van der Waals surface area (Å²) in [6.45, 7) is 5.59. The molecule has 2 N–H and O–H groups in total. The van der Waals surface area contributed by atoms with Crippen molar-refractivity contribution in [2.75, 3.05) is 39.9 Å². The summed E-state index contributed by atoms with van der Waals surface area (Å²) in [4.78, 5) is 0. The molecule has 21 heavy (non-hydrogen) atoms. The van der Waals surface area contributed by atoms with Gasteiger partial charge in [0.25, 0.3) is 10.2 Å². The van der Waals surface area contributed by atoms with Gasteiger partial charge in [-0.3, -0.25) is 0 Å². The Morgan fingerprint density at radius 2 is 2.00 bits per heavy atom. The van der Waals surface area contributed by atoms with Crippen molar-refractivity contribution in [3.63, 3.8) is 0 Å². The number of hydrogen-bond donors (Lipinski definition) is 2. The monoisotopic (exact) mass is 319 g/mol. The highest BCUT2D eigenvalue weighted by Gasteiger charge is 2.31. The fourth-order valence-corrected chi connectivity index (χ4v) is 4.91. The Bertz CT molecular complexity index is 408. The Kier molecular flexibility index (Phi) is 6.43. The quantitative estimate of drug-likeness (QED) is 0.751. The molecule has 2 aliphatic heterocycles. The Morgan fingerprint density at radius 1 is 1.29 bits per heavy atom. The molecule has 7 heteroatoms. The summed E-state index contributed by atoms with van der Waals surface area (Å²) in [6, 6.07) is -0.0245. The first kappa shape index (κ1) is 17.1. The number of hydrogen-bond acceptors (Lipinski definition) is 4. The number of ether oxygens (including phenoxy) is 1. The maximum atomic E-state index is 12.6. The van der Waals surface area contributed by atoms with Crippen LogP contribution in [0.3, 0.4) is 0 Å². The van der Waals surface area contributed by atoms with E-state index in [9.17, 15) is 8.42 Å². The van der Waals surface area contributed by atoms with Crippen LogP contribution < -0.4 is 10.0 Å². The lowest BCUT2D eigenvalue weighted by atomic mass is 9.94. The molecule has 2 aliphatic rings. The summed E-state index contributed by atoms with van der Waals surface area (Å²) < 4.78 is 34.9. The summed E-state index contributed by atoms with van der Waals surface area (Å²) in [5.41, 5.74) is 0. The average Bonchev–Trinajstić information content (AvgIpc) is 2.48. The summed E-state index contributed by atoms with van der Waals surface area (Å²) >= 11 is 0. The molecule has 2 saturated heterocycles. The normalized spacial score (nSPS) is 27.6. The fourth-order valence-electron chi connectivity index (χ4n) is 3.32. The van der Waals surface area contributed by atoms with Gasteiger partial charge in [0.05, 0.1) is 0 Å². The molecule has 0 amide bonds. The van der Waals surface area contributed by atoms with Gasteiger partial charge in [-0.15, -0.1) is 0 Å². The smallest absolute Gasteiger partial charge is 0.279 e. The van der Waals surface area contributed by atoms with E-state index >= 15 is 0 Å². The van der Waals surface area contributed by atoms with Crippen LogP contribution in [-0.4, -0.2) is 58.7 Å². The van der Waals surface area contributed by atoms with Gasteiger partial charge in [0.1, 0.15) is 0 Å². The molecule has 2 atom stereocenters. The summed E-state index contributed by atoms with van der Waals surface area (Å²) in [7, 11) is -1.45. The van der Waals surface area contributed by atoms with E-state index in [1.165, 1.54) is 0 Å². The van der Waals surface area contributed by atoms with Crippen molar-refractivity contribution in [1.82, 2.24) is 14.3 Å². The van der Waals surface area contributed by atoms with Gasteiger partial charge in [-0.1, -0.05) is 0 Å². The van der Waals surface area contributed by atoms with E-state index in [0.29, 0.717) is 24.9 Å². The van der Waals surface area contributed by atoms with Gasteiger partial charge < -0.3 is 10.1 Å². The minimum Gasteiger partial charge on any atom is -0.381 e. The summed E-state index contributed by atoms with van der Waals surface area (Å²) in [5.74, 6) is 0.796. The Hall–Kier alpha value is -0.210. The molecule has 2 rings (SSSR count). The van der Waals surface area contributed by atoms with Crippen molar-refractivity contribution < 1.29 is 13.2 Å². The van der Waals surface area contributed by atoms with Crippen molar-refractivity contribution in [2.45, 2.75) is 38.6 Å². The van der Waals surface area contributed by atoms with Gasteiger partial charge in [-0.05, 0) is 58.0 Å². The van der Waals surface area contributed by atoms with Gasteiger partial charge in [0.2, 0.25) is 0 Å². The molecule has 2 fully saturated rings. The predicted octanol–water partition coefficient (Wildman–Crippen LogP) is 0.567. The molecule has 0 aromatic carbocycles. The highest BCUT2D eigenvalue weighted by Crippen LogP contribution is 2.22. The third-order valence-electron chi connectivity index (χ3n) is 4.62. The van der Waals surface area contributed by atoms with Crippen molar-refractivity contribution in [1.29, 1.82) is 0 Å². The van der Waals surface area contributed by atoms with E-state index in [2.05, 4.69) is 10.0 Å². The lowest BCUT2D eigenvalue weighted by Gasteiger charge is -2.34. The van der Waals surface area contributed by atoms with E-state index in [1.807, 2.05) is 14.0 Å². The maximum Gasteiger partial charge on any atom is 0.279 e. The average molecular weight is 319 g/mol. The van der Waals surface area contributed by atoms with Crippen molar-refractivity contribution >= 4 is 10.2 Å². The Balaban J connectivity index is 1.90. The van der Waals surface area contributed by atoms with Crippen LogP contribution in [0.15, 0.2) is 0 Å². The summed E-state index contributed by atoms with van der Waals surface area (Å²) in [6.07, 6.45) is 3.92. The lowest BCUT2D eigenvalue weighted by Crippen LogP contribution is -2.51. The first-order chi connectivity index (χ1) is 10.0. The predicted molar refractivity (Wildman–Crippen MR) is 83.3 cm³/mol. The second-order valence-electron chi connectivity index (χ2n) is 6.29. The largest absolute Gasteiger partial charge is 0.381 e. The molecule has 0 aromatic heterocycles. The number of piperidine rings is 1. The van der Waals surface area contributed by atoms with Crippen LogP contribution in [0.2, 0.25) is 0 Å². The molecule has 2 heterocycles. The van der Waals surface area contributed by atoms with E-state index in [0.717, 1.165) is 45.4 Å². The molecule has 6 nitrogen and oxygen atoms in total. The minimum absolute atomic E-state index is 0.0245. The standard InChI is InChI=1S/C14H29N3O3S/c1-12(14-5-8-20-9-6-14)16-21(18,19)17-7-3-4-13(11-17)10-15-2/h12-16H,3-11H2,1-2H3. The van der Waals surface area contributed by atoms with Gasteiger partial charge in [-0.25, -0.2) is 0 Å². The van der Waals surface area contributed by atoms with Crippen LogP contribution in [0.5, 0.6) is 0 Å². The van der Waals surface area contributed by atoms with E-state index in [4.69, 9.17) is 4.74 Å². The molecule has 0 spiro atoms. The zero-order valence-electron chi connectivity index (χ0n) is 13.2. The van der Waals surface area contributed by atoms with Crippen molar-refractivity contribution in [2.24, 2.45) is 11.8 Å². The second kappa shape index (κ2) is 7.87. The first-order valence-electron chi connectivity index (χ1n) is 8.02. The molecular formula is C14H29N3O3S. The molecule has 0 saturated carbocycles. The van der Waals surface area contributed by atoms with Crippen molar-refractivity contribution in [3.05, 3.63) is 0 Å². The minimum atomic E-state index is -3.37. The highest BCUT2D eigenvalue weighted by molar-refractivity contribution is 7.87. The lowest BCUT2D eigenvalue weighted by molar-refractivity contribution is 0.0583. The summed E-state index contributed by atoms with van der Waals surface area (Å²) in [5, 5.41) is 3.15. The van der Waals surface area contributed by atoms with Gasteiger partial charge in [0, 0.05) is 32.3 Å². The molecule has 0 aliphatic carbocycles. The third kappa shape index (κ3) is 4.89. The third-order valence-corrected chi connectivity index (χ3v) is 6.30.